The zero-order valence-corrected chi connectivity index (χ0v) is 16.2. The van der Waals surface area contributed by atoms with Crippen molar-refractivity contribution in [3.05, 3.63) is 42.0 Å². The molecule has 1 aromatic carbocycles. The second-order valence-electron chi connectivity index (χ2n) is 6.58. The lowest BCUT2D eigenvalue weighted by molar-refractivity contribution is 0.198. The molecule has 1 saturated heterocycles. The molecule has 4 rings (SSSR count). The van der Waals surface area contributed by atoms with Crippen molar-refractivity contribution < 1.29 is 4.42 Å². The van der Waals surface area contributed by atoms with Crippen LogP contribution in [0.3, 0.4) is 0 Å². The maximum atomic E-state index is 5.58. The van der Waals surface area contributed by atoms with Gasteiger partial charge in [-0.15, -0.1) is 11.8 Å². The van der Waals surface area contributed by atoms with Crippen molar-refractivity contribution >= 4 is 28.8 Å². The second-order valence-corrected chi connectivity index (χ2v) is 7.46. The van der Waals surface area contributed by atoms with E-state index in [0.717, 1.165) is 48.1 Å². The fourth-order valence-electron chi connectivity index (χ4n) is 3.42. The van der Waals surface area contributed by atoms with Gasteiger partial charge in [-0.25, -0.2) is 15.0 Å². The Labute approximate surface area is 157 Å². The Morgan fingerprint density at radius 1 is 1.12 bits per heavy atom. The normalized spacial score (nSPS) is 17.0. The predicted molar refractivity (Wildman–Crippen MR) is 105 cm³/mol. The molecule has 0 bridgehead atoms. The Kier molecular flexibility index (Phi) is 4.82. The Hall–Kier alpha value is -2.12. The van der Waals surface area contributed by atoms with Gasteiger partial charge in [0.05, 0.1) is 0 Å². The molecule has 136 valence electrons. The number of piperazine rings is 1. The Bertz CT molecular complexity index is 887. The number of aromatic nitrogens is 3. The van der Waals surface area contributed by atoms with Gasteiger partial charge in [0, 0.05) is 56.4 Å². The van der Waals surface area contributed by atoms with Crippen molar-refractivity contribution in [1.29, 1.82) is 0 Å². The van der Waals surface area contributed by atoms with Crippen LogP contribution in [0.25, 0.3) is 11.1 Å². The van der Waals surface area contributed by atoms with Gasteiger partial charge in [-0.2, -0.15) is 0 Å². The average Bonchev–Trinajstić information content (AvgIpc) is 3.07. The van der Waals surface area contributed by atoms with Crippen LogP contribution in [0.15, 0.2) is 39.9 Å². The lowest BCUT2D eigenvalue weighted by Crippen LogP contribution is -2.47. The number of hydrogen-bond acceptors (Lipinski definition) is 7. The lowest BCUT2D eigenvalue weighted by atomic mass is 10.1. The highest BCUT2D eigenvalue weighted by atomic mass is 32.2. The van der Waals surface area contributed by atoms with E-state index in [1.165, 1.54) is 5.56 Å². The Morgan fingerprint density at radius 3 is 2.54 bits per heavy atom. The summed E-state index contributed by atoms with van der Waals surface area (Å²) in [6.45, 7) is 8.00. The van der Waals surface area contributed by atoms with E-state index in [9.17, 15) is 0 Å². The SMILES string of the molecule is CSc1cnc(N2CCN(C(C)c3ccc4oc(C)nc4c3)CC2)nc1. The molecular weight excluding hydrogens is 346 g/mol. The minimum absolute atomic E-state index is 0.346. The summed E-state index contributed by atoms with van der Waals surface area (Å²) in [7, 11) is 0. The molecule has 26 heavy (non-hydrogen) atoms. The van der Waals surface area contributed by atoms with Crippen LogP contribution in [-0.4, -0.2) is 52.3 Å². The van der Waals surface area contributed by atoms with E-state index in [2.05, 4.69) is 43.8 Å². The molecule has 0 N–H and O–H groups in total. The molecule has 0 spiro atoms. The highest BCUT2D eigenvalue weighted by Gasteiger charge is 2.23. The second kappa shape index (κ2) is 7.25. The number of aryl methyl sites for hydroxylation is 1. The Balaban J connectivity index is 1.42. The predicted octanol–water partition coefficient (Wildman–Crippen LogP) is 3.53. The van der Waals surface area contributed by atoms with Gasteiger partial charge in [-0.05, 0) is 30.9 Å². The summed E-state index contributed by atoms with van der Waals surface area (Å²) < 4.78 is 5.58. The number of thioether (sulfide) groups is 1. The summed E-state index contributed by atoms with van der Waals surface area (Å²) in [6, 6.07) is 6.67. The number of rotatable bonds is 4. The molecule has 0 saturated carbocycles. The fourth-order valence-corrected chi connectivity index (χ4v) is 3.73. The van der Waals surface area contributed by atoms with E-state index >= 15 is 0 Å². The first-order valence-electron chi connectivity index (χ1n) is 8.86. The minimum atomic E-state index is 0.346. The van der Waals surface area contributed by atoms with E-state index in [1.54, 1.807) is 11.8 Å². The maximum absolute atomic E-state index is 5.58. The molecule has 1 atom stereocenters. The number of benzene rings is 1. The summed E-state index contributed by atoms with van der Waals surface area (Å²) in [6.07, 6.45) is 5.84. The van der Waals surface area contributed by atoms with Crippen molar-refractivity contribution in [2.45, 2.75) is 24.8 Å². The standard InChI is InChI=1S/C19H23N5OS/c1-13(15-4-5-18-17(10-15)22-14(2)25-18)23-6-8-24(9-7-23)19-20-11-16(26-3)12-21-19/h4-5,10-13H,6-9H2,1-3H3. The van der Waals surface area contributed by atoms with Crippen LogP contribution >= 0.6 is 11.8 Å². The molecule has 1 unspecified atom stereocenters. The van der Waals surface area contributed by atoms with Gasteiger partial charge in [0.25, 0.3) is 0 Å². The summed E-state index contributed by atoms with van der Waals surface area (Å²) >= 11 is 1.66. The maximum Gasteiger partial charge on any atom is 0.225 e. The van der Waals surface area contributed by atoms with Crippen molar-refractivity contribution in [3.8, 4) is 0 Å². The van der Waals surface area contributed by atoms with Gasteiger partial charge in [0.15, 0.2) is 11.5 Å². The lowest BCUT2D eigenvalue weighted by Gasteiger charge is -2.38. The molecule has 1 aliphatic heterocycles. The number of anilines is 1. The molecule has 0 amide bonds. The van der Waals surface area contributed by atoms with Gasteiger partial charge in [0.1, 0.15) is 5.52 Å². The van der Waals surface area contributed by atoms with Crippen LogP contribution in [0, 0.1) is 6.92 Å². The summed E-state index contributed by atoms with van der Waals surface area (Å²) in [5, 5.41) is 0. The number of nitrogens with zero attached hydrogens (tertiary/aromatic N) is 5. The highest BCUT2D eigenvalue weighted by molar-refractivity contribution is 7.98. The van der Waals surface area contributed by atoms with Gasteiger partial charge < -0.3 is 9.32 Å². The van der Waals surface area contributed by atoms with Crippen molar-refractivity contribution in [2.75, 3.05) is 37.3 Å². The van der Waals surface area contributed by atoms with E-state index in [1.807, 2.05) is 31.6 Å². The van der Waals surface area contributed by atoms with Crippen LogP contribution in [0.1, 0.15) is 24.4 Å². The molecule has 3 aromatic rings. The van der Waals surface area contributed by atoms with Crippen LogP contribution in [0.5, 0.6) is 0 Å². The molecule has 2 aromatic heterocycles. The van der Waals surface area contributed by atoms with Crippen molar-refractivity contribution in [2.24, 2.45) is 0 Å². The zero-order valence-electron chi connectivity index (χ0n) is 15.3. The summed E-state index contributed by atoms with van der Waals surface area (Å²) in [4.78, 5) is 19.3. The van der Waals surface area contributed by atoms with Crippen LogP contribution in [0.2, 0.25) is 0 Å². The third-order valence-corrected chi connectivity index (χ3v) is 5.68. The van der Waals surface area contributed by atoms with Crippen molar-refractivity contribution in [3.63, 3.8) is 0 Å². The summed E-state index contributed by atoms with van der Waals surface area (Å²) in [5.74, 6) is 1.54. The number of fused-ring (bicyclic) bond motifs is 1. The largest absolute Gasteiger partial charge is 0.441 e. The monoisotopic (exact) mass is 369 g/mol. The fraction of sp³-hybridized carbons (Fsp3) is 0.421. The van der Waals surface area contributed by atoms with Gasteiger partial charge >= 0.3 is 0 Å². The molecule has 0 radical (unpaired) electrons. The quantitative estimate of drug-likeness (QED) is 0.652. The van der Waals surface area contributed by atoms with Gasteiger partial charge in [-0.1, -0.05) is 6.07 Å². The molecule has 6 nitrogen and oxygen atoms in total. The van der Waals surface area contributed by atoms with E-state index < -0.39 is 0 Å². The molecular formula is C19H23N5OS. The van der Waals surface area contributed by atoms with Crippen molar-refractivity contribution in [1.82, 2.24) is 19.9 Å². The smallest absolute Gasteiger partial charge is 0.225 e. The Morgan fingerprint density at radius 2 is 1.85 bits per heavy atom. The molecule has 1 aliphatic rings. The molecule has 7 heteroatoms. The van der Waals surface area contributed by atoms with Gasteiger partial charge in [0.2, 0.25) is 5.95 Å². The third-order valence-electron chi connectivity index (χ3n) is 5.00. The highest BCUT2D eigenvalue weighted by Crippen LogP contribution is 2.26. The summed E-state index contributed by atoms with van der Waals surface area (Å²) in [5.41, 5.74) is 3.07. The third kappa shape index (κ3) is 3.41. The van der Waals surface area contributed by atoms with Crippen LogP contribution in [0.4, 0.5) is 5.95 Å². The molecule has 0 aliphatic carbocycles. The van der Waals surface area contributed by atoms with E-state index in [4.69, 9.17) is 4.42 Å². The van der Waals surface area contributed by atoms with Crippen LogP contribution < -0.4 is 4.90 Å². The number of hydrogen-bond donors (Lipinski definition) is 0. The van der Waals surface area contributed by atoms with Gasteiger partial charge in [-0.3, -0.25) is 4.90 Å². The average molecular weight is 369 g/mol. The topological polar surface area (TPSA) is 58.3 Å². The van der Waals surface area contributed by atoms with Crippen LogP contribution in [-0.2, 0) is 0 Å². The first kappa shape index (κ1) is 17.3. The molecule has 1 fully saturated rings. The van der Waals surface area contributed by atoms with E-state index in [-0.39, 0.29) is 0 Å². The first-order valence-corrected chi connectivity index (χ1v) is 10.1. The zero-order chi connectivity index (χ0) is 18.1. The first-order chi connectivity index (χ1) is 12.6. The minimum Gasteiger partial charge on any atom is -0.441 e. The number of oxazole rings is 1. The molecule has 3 heterocycles. The van der Waals surface area contributed by atoms with E-state index in [0.29, 0.717) is 11.9 Å².